The summed E-state index contributed by atoms with van der Waals surface area (Å²) in [5.41, 5.74) is 3.71. The number of imide groups is 1. The minimum atomic E-state index is -0.399. The number of piperazine rings is 1. The molecule has 2 heterocycles. The Labute approximate surface area is 164 Å². The van der Waals surface area contributed by atoms with E-state index in [0.29, 0.717) is 18.8 Å². The fraction of sp³-hybridized carbons (Fsp3) is 0.364. The summed E-state index contributed by atoms with van der Waals surface area (Å²) in [4.78, 5) is 31.3. The highest BCUT2D eigenvalue weighted by atomic mass is 19.1. The van der Waals surface area contributed by atoms with Gasteiger partial charge in [-0.15, -0.1) is 0 Å². The van der Waals surface area contributed by atoms with Crippen molar-refractivity contribution in [3.63, 3.8) is 0 Å². The van der Waals surface area contributed by atoms with E-state index >= 15 is 0 Å². The highest BCUT2D eigenvalue weighted by Gasteiger charge is 2.43. The average molecular weight is 381 g/mol. The highest BCUT2D eigenvalue weighted by molar-refractivity contribution is 6.22. The van der Waals surface area contributed by atoms with E-state index in [2.05, 4.69) is 9.80 Å². The SMILES string of the molecule is Cc1ccc(N2C(=O)C[C@H](N3CCN(c4ccc(F)cc4)CC3)C2=O)c(C)c1. The van der Waals surface area contributed by atoms with Gasteiger partial charge in [0.2, 0.25) is 5.91 Å². The predicted octanol–water partition coefficient (Wildman–Crippen LogP) is 2.90. The lowest BCUT2D eigenvalue weighted by atomic mass is 10.1. The Bertz CT molecular complexity index is 904. The van der Waals surface area contributed by atoms with Gasteiger partial charge in [0.05, 0.1) is 18.2 Å². The molecule has 2 amide bonds. The van der Waals surface area contributed by atoms with Crippen LogP contribution in [-0.4, -0.2) is 48.9 Å². The molecule has 0 N–H and O–H groups in total. The van der Waals surface area contributed by atoms with E-state index in [1.165, 1.54) is 17.0 Å². The lowest BCUT2D eigenvalue weighted by Crippen LogP contribution is -2.52. The molecule has 2 aliphatic rings. The van der Waals surface area contributed by atoms with Gasteiger partial charge in [-0.3, -0.25) is 14.5 Å². The maximum atomic E-state index is 13.1. The largest absolute Gasteiger partial charge is 0.369 e. The first-order valence-corrected chi connectivity index (χ1v) is 9.62. The first-order chi connectivity index (χ1) is 13.4. The van der Waals surface area contributed by atoms with Crippen LogP contribution in [0.5, 0.6) is 0 Å². The van der Waals surface area contributed by atoms with Gasteiger partial charge in [-0.05, 0) is 49.7 Å². The quantitative estimate of drug-likeness (QED) is 0.767. The second-order valence-corrected chi connectivity index (χ2v) is 7.58. The molecular weight excluding hydrogens is 357 g/mol. The lowest BCUT2D eigenvalue weighted by molar-refractivity contribution is -0.123. The fourth-order valence-electron chi connectivity index (χ4n) is 4.15. The Morgan fingerprint density at radius 3 is 2.25 bits per heavy atom. The first kappa shape index (κ1) is 18.6. The van der Waals surface area contributed by atoms with Gasteiger partial charge in [0.25, 0.3) is 5.91 Å². The minimum absolute atomic E-state index is 0.132. The molecule has 2 saturated heterocycles. The van der Waals surface area contributed by atoms with E-state index in [4.69, 9.17) is 0 Å². The number of halogens is 1. The van der Waals surface area contributed by atoms with Crippen LogP contribution in [0.25, 0.3) is 0 Å². The van der Waals surface area contributed by atoms with Crippen molar-refractivity contribution >= 4 is 23.2 Å². The minimum Gasteiger partial charge on any atom is -0.369 e. The monoisotopic (exact) mass is 381 g/mol. The number of hydrogen-bond donors (Lipinski definition) is 0. The van der Waals surface area contributed by atoms with Crippen LogP contribution < -0.4 is 9.80 Å². The zero-order valence-electron chi connectivity index (χ0n) is 16.2. The van der Waals surface area contributed by atoms with Crippen molar-refractivity contribution in [3.05, 3.63) is 59.4 Å². The molecule has 28 heavy (non-hydrogen) atoms. The van der Waals surface area contributed by atoms with Crippen molar-refractivity contribution in [1.82, 2.24) is 4.90 Å². The van der Waals surface area contributed by atoms with Crippen molar-refractivity contribution in [3.8, 4) is 0 Å². The van der Waals surface area contributed by atoms with Gasteiger partial charge in [0.15, 0.2) is 0 Å². The molecular formula is C22H24FN3O2. The standard InChI is InChI=1S/C22H24FN3O2/c1-15-3-8-19(16(2)13-15)26-21(27)14-20(22(26)28)25-11-9-24(10-12-25)18-6-4-17(23)5-7-18/h3-8,13,20H,9-12,14H2,1-2H3/t20-/m0/s1. The smallest absolute Gasteiger partial charge is 0.251 e. The molecule has 5 nitrogen and oxygen atoms in total. The molecule has 0 unspecified atom stereocenters. The van der Waals surface area contributed by atoms with Crippen LogP contribution in [-0.2, 0) is 9.59 Å². The zero-order valence-corrected chi connectivity index (χ0v) is 16.2. The van der Waals surface area contributed by atoms with Gasteiger partial charge >= 0.3 is 0 Å². The van der Waals surface area contributed by atoms with E-state index in [1.54, 1.807) is 12.1 Å². The van der Waals surface area contributed by atoms with Crippen molar-refractivity contribution in [2.24, 2.45) is 0 Å². The first-order valence-electron chi connectivity index (χ1n) is 9.62. The molecule has 6 heteroatoms. The molecule has 2 aromatic carbocycles. The Hall–Kier alpha value is -2.73. The topological polar surface area (TPSA) is 43.9 Å². The number of rotatable bonds is 3. The molecule has 0 aliphatic carbocycles. The highest BCUT2D eigenvalue weighted by Crippen LogP contribution is 2.29. The van der Waals surface area contributed by atoms with Crippen molar-refractivity contribution in [2.75, 3.05) is 36.0 Å². The Kier molecular flexibility index (Phi) is 4.89. The summed E-state index contributed by atoms with van der Waals surface area (Å²) < 4.78 is 13.1. The molecule has 4 rings (SSSR count). The molecule has 0 radical (unpaired) electrons. The van der Waals surface area contributed by atoms with Crippen LogP contribution >= 0.6 is 0 Å². The van der Waals surface area contributed by atoms with Crippen LogP contribution in [0.3, 0.4) is 0 Å². The molecule has 2 aromatic rings. The Morgan fingerprint density at radius 1 is 0.929 bits per heavy atom. The van der Waals surface area contributed by atoms with Gasteiger partial charge in [0.1, 0.15) is 5.82 Å². The van der Waals surface area contributed by atoms with E-state index in [9.17, 15) is 14.0 Å². The number of benzene rings is 2. The second-order valence-electron chi connectivity index (χ2n) is 7.58. The van der Waals surface area contributed by atoms with E-state index < -0.39 is 6.04 Å². The van der Waals surface area contributed by atoms with E-state index in [-0.39, 0.29) is 24.1 Å². The molecule has 0 bridgehead atoms. The summed E-state index contributed by atoms with van der Waals surface area (Å²) in [5.74, 6) is -0.515. The number of hydrogen-bond acceptors (Lipinski definition) is 4. The lowest BCUT2D eigenvalue weighted by Gasteiger charge is -2.38. The van der Waals surface area contributed by atoms with Crippen LogP contribution in [0.1, 0.15) is 17.5 Å². The third kappa shape index (κ3) is 3.40. The zero-order chi connectivity index (χ0) is 19.8. The summed E-state index contributed by atoms with van der Waals surface area (Å²) in [6.45, 7) is 6.80. The Morgan fingerprint density at radius 2 is 1.61 bits per heavy atom. The molecule has 0 aromatic heterocycles. The van der Waals surface area contributed by atoms with Crippen LogP contribution in [0.15, 0.2) is 42.5 Å². The summed E-state index contributed by atoms with van der Waals surface area (Å²) in [6.07, 6.45) is 0.225. The summed E-state index contributed by atoms with van der Waals surface area (Å²) in [6, 6.07) is 11.8. The maximum absolute atomic E-state index is 13.1. The van der Waals surface area contributed by atoms with E-state index in [1.807, 2.05) is 32.0 Å². The summed E-state index contributed by atoms with van der Waals surface area (Å²) in [7, 11) is 0. The van der Waals surface area contributed by atoms with Gasteiger partial charge in [0, 0.05) is 31.9 Å². The molecule has 0 spiro atoms. The fourth-order valence-corrected chi connectivity index (χ4v) is 4.15. The Balaban J connectivity index is 1.45. The normalized spacial score (nSPS) is 20.9. The molecule has 1 atom stereocenters. The third-order valence-electron chi connectivity index (χ3n) is 5.66. The number of anilines is 2. The molecule has 2 fully saturated rings. The van der Waals surface area contributed by atoms with Crippen molar-refractivity contribution < 1.29 is 14.0 Å². The molecule has 146 valence electrons. The average Bonchev–Trinajstić information content (AvgIpc) is 2.97. The van der Waals surface area contributed by atoms with Gasteiger partial charge in [-0.25, -0.2) is 9.29 Å². The number of amides is 2. The third-order valence-corrected chi connectivity index (χ3v) is 5.66. The number of carbonyl (C=O) groups is 2. The summed E-state index contributed by atoms with van der Waals surface area (Å²) >= 11 is 0. The number of aryl methyl sites for hydroxylation is 2. The number of carbonyl (C=O) groups excluding carboxylic acids is 2. The summed E-state index contributed by atoms with van der Waals surface area (Å²) in [5, 5.41) is 0. The van der Waals surface area contributed by atoms with Crippen LogP contribution in [0, 0.1) is 19.7 Å². The van der Waals surface area contributed by atoms with Crippen molar-refractivity contribution in [2.45, 2.75) is 26.3 Å². The van der Waals surface area contributed by atoms with Gasteiger partial charge < -0.3 is 4.90 Å². The number of nitrogens with zero attached hydrogens (tertiary/aromatic N) is 3. The van der Waals surface area contributed by atoms with E-state index in [0.717, 1.165) is 29.9 Å². The van der Waals surface area contributed by atoms with Crippen LogP contribution in [0.2, 0.25) is 0 Å². The van der Waals surface area contributed by atoms with Gasteiger partial charge in [-0.1, -0.05) is 17.7 Å². The second kappa shape index (κ2) is 7.36. The van der Waals surface area contributed by atoms with Gasteiger partial charge in [-0.2, -0.15) is 0 Å². The predicted molar refractivity (Wildman–Crippen MR) is 107 cm³/mol. The van der Waals surface area contributed by atoms with Crippen molar-refractivity contribution in [1.29, 1.82) is 0 Å². The molecule has 0 saturated carbocycles. The maximum Gasteiger partial charge on any atom is 0.251 e. The van der Waals surface area contributed by atoms with Crippen LogP contribution in [0.4, 0.5) is 15.8 Å². The molecule has 2 aliphatic heterocycles.